The number of nitrogens with zero attached hydrogens (tertiary/aromatic N) is 3. The highest BCUT2D eigenvalue weighted by atomic mass is 32.2. The molecular formula is C10H17N3O2S. The highest BCUT2D eigenvalue weighted by Crippen LogP contribution is 2.17. The highest BCUT2D eigenvalue weighted by molar-refractivity contribution is 7.99. The fourth-order valence-electron chi connectivity index (χ4n) is 1.33. The minimum Gasteiger partial charge on any atom is -0.465 e. The molecule has 1 heterocycles. The quantitative estimate of drug-likeness (QED) is 0.560. The number of ether oxygens (including phenoxy) is 1. The van der Waals surface area contributed by atoms with Gasteiger partial charge in [0.2, 0.25) is 0 Å². The zero-order valence-corrected chi connectivity index (χ0v) is 10.7. The minimum atomic E-state index is -0.212. The topological polar surface area (TPSA) is 57.0 Å². The lowest BCUT2D eigenvalue weighted by molar-refractivity contribution is -0.139. The molecule has 0 atom stereocenters. The summed E-state index contributed by atoms with van der Waals surface area (Å²) in [4.78, 5) is 11.2. The summed E-state index contributed by atoms with van der Waals surface area (Å²) >= 11 is 1.37. The SMILES string of the molecule is CCOC(=O)CSc1nnc(CC)n1CC. The third-order valence-electron chi connectivity index (χ3n) is 2.05. The normalized spacial score (nSPS) is 10.4. The molecule has 0 amide bonds. The van der Waals surface area contributed by atoms with E-state index in [1.165, 1.54) is 11.8 Å². The van der Waals surface area contributed by atoms with Crippen molar-refractivity contribution in [1.29, 1.82) is 0 Å². The van der Waals surface area contributed by atoms with Crippen molar-refractivity contribution in [2.45, 2.75) is 38.9 Å². The Labute approximate surface area is 99.6 Å². The van der Waals surface area contributed by atoms with E-state index in [4.69, 9.17) is 4.74 Å². The first-order chi connectivity index (χ1) is 7.72. The van der Waals surface area contributed by atoms with Gasteiger partial charge in [-0.15, -0.1) is 10.2 Å². The highest BCUT2D eigenvalue weighted by Gasteiger charge is 2.11. The van der Waals surface area contributed by atoms with Gasteiger partial charge in [-0.25, -0.2) is 0 Å². The molecule has 0 N–H and O–H groups in total. The Morgan fingerprint density at radius 1 is 1.38 bits per heavy atom. The molecule has 0 saturated carbocycles. The van der Waals surface area contributed by atoms with Crippen LogP contribution in [0.1, 0.15) is 26.6 Å². The fourth-order valence-corrected chi connectivity index (χ4v) is 2.15. The molecule has 0 radical (unpaired) electrons. The van der Waals surface area contributed by atoms with E-state index in [2.05, 4.69) is 10.2 Å². The van der Waals surface area contributed by atoms with Crippen molar-refractivity contribution < 1.29 is 9.53 Å². The van der Waals surface area contributed by atoms with Crippen molar-refractivity contribution in [3.05, 3.63) is 5.82 Å². The van der Waals surface area contributed by atoms with Crippen molar-refractivity contribution in [2.24, 2.45) is 0 Å². The number of aromatic nitrogens is 3. The monoisotopic (exact) mass is 243 g/mol. The molecule has 0 aliphatic carbocycles. The zero-order chi connectivity index (χ0) is 12.0. The maximum Gasteiger partial charge on any atom is 0.316 e. The predicted molar refractivity (Wildman–Crippen MR) is 62.4 cm³/mol. The lowest BCUT2D eigenvalue weighted by atomic mass is 10.4. The fraction of sp³-hybridized carbons (Fsp3) is 0.700. The van der Waals surface area contributed by atoms with Crippen molar-refractivity contribution >= 4 is 17.7 Å². The molecule has 0 saturated heterocycles. The van der Waals surface area contributed by atoms with Crippen molar-refractivity contribution in [1.82, 2.24) is 14.8 Å². The summed E-state index contributed by atoms with van der Waals surface area (Å²) in [5, 5.41) is 8.91. The molecule has 1 rings (SSSR count). The van der Waals surface area contributed by atoms with Gasteiger partial charge in [0.25, 0.3) is 0 Å². The van der Waals surface area contributed by atoms with Gasteiger partial charge >= 0.3 is 5.97 Å². The number of aryl methyl sites for hydroxylation is 1. The number of thioether (sulfide) groups is 1. The predicted octanol–water partition coefficient (Wildman–Crippen LogP) is 1.52. The van der Waals surface area contributed by atoms with Gasteiger partial charge in [0.05, 0.1) is 12.4 Å². The molecule has 16 heavy (non-hydrogen) atoms. The standard InChI is InChI=1S/C10H17N3O2S/c1-4-8-11-12-10(13(8)5-2)16-7-9(14)15-6-3/h4-7H2,1-3H3. The summed E-state index contributed by atoms with van der Waals surface area (Å²) in [6, 6.07) is 0. The van der Waals surface area contributed by atoms with Crippen LogP contribution in [0.2, 0.25) is 0 Å². The van der Waals surface area contributed by atoms with E-state index in [1.807, 2.05) is 18.4 Å². The smallest absolute Gasteiger partial charge is 0.316 e. The van der Waals surface area contributed by atoms with E-state index in [0.29, 0.717) is 6.61 Å². The second-order valence-corrected chi connectivity index (χ2v) is 4.03. The summed E-state index contributed by atoms with van der Waals surface area (Å²) in [6.07, 6.45) is 0.848. The van der Waals surface area contributed by atoms with Crippen molar-refractivity contribution in [2.75, 3.05) is 12.4 Å². The molecule has 0 aliphatic heterocycles. The zero-order valence-electron chi connectivity index (χ0n) is 9.89. The van der Waals surface area contributed by atoms with Crippen LogP contribution in [0, 0.1) is 0 Å². The van der Waals surface area contributed by atoms with E-state index in [0.717, 1.165) is 23.9 Å². The first-order valence-corrected chi connectivity index (χ1v) is 6.41. The Hall–Kier alpha value is -1.04. The average Bonchev–Trinajstić information content (AvgIpc) is 2.68. The third kappa shape index (κ3) is 3.23. The maximum atomic E-state index is 11.2. The second kappa shape index (κ2) is 6.52. The first-order valence-electron chi connectivity index (χ1n) is 5.43. The Kier molecular flexibility index (Phi) is 5.31. The number of carbonyl (C=O) groups excluding carboxylic acids is 1. The molecule has 0 spiro atoms. The summed E-state index contributed by atoms with van der Waals surface area (Å²) in [5.74, 6) is 1.03. The second-order valence-electron chi connectivity index (χ2n) is 3.09. The molecule has 0 fully saturated rings. The van der Waals surface area contributed by atoms with Crippen LogP contribution in [0.3, 0.4) is 0 Å². The van der Waals surface area contributed by atoms with Gasteiger partial charge in [0.15, 0.2) is 5.16 Å². The molecule has 0 unspecified atom stereocenters. The van der Waals surface area contributed by atoms with Crippen molar-refractivity contribution in [3.8, 4) is 0 Å². The summed E-state index contributed by atoms with van der Waals surface area (Å²) in [6.45, 7) is 7.11. The van der Waals surface area contributed by atoms with Crippen LogP contribution in [0.5, 0.6) is 0 Å². The lowest BCUT2D eigenvalue weighted by Gasteiger charge is -2.05. The molecular weight excluding hydrogens is 226 g/mol. The van der Waals surface area contributed by atoms with Crippen molar-refractivity contribution in [3.63, 3.8) is 0 Å². The van der Waals surface area contributed by atoms with Gasteiger partial charge in [-0.05, 0) is 13.8 Å². The Morgan fingerprint density at radius 2 is 2.12 bits per heavy atom. The maximum absolute atomic E-state index is 11.2. The van der Waals surface area contributed by atoms with Gasteiger partial charge in [-0.2, -0.15) is 0 Å². The molecule has 1 aromatic heterocycles. The number of esters is 1. The molecule has 1 aromatic rings. The molecule has 90 valence electrons. The number of hydrogen-bond donors (Lipinski definition) is 0. The van der Waals surface area contributed by atoms with Gasteiger partial charge in [0, 0.05) is 13.0 Å². The molecule has 0 aromatic carbocycles. The number of carbonyl (C=O) groups is 1. The van der Waals surface area contributed by atoms with Gasteiger partial charge in [0.1, 0.15) is 5.82 Å². The first kappa shape index (κ1) is 13.0. The summed E-state index contributed by atoms with van der Waals surface area (Å²) in [5.41, 5.74) is 0. The molecule has 0 aliphatic rings. The third-order valence-corrected chi connectivity index (χ3v) is 2.99. The molecule has 0 bridgehead atoms. The number of rotatable bonds is 6. The lowest BCUT2D eigenvalue weighted by Crippen LogP contribution is -2.08. The van der Waals surface area contributed by atoms with Crippen LogP contribution in [-0.4, -0.2) is 33.1 Å². The van der Waals surface area contributed by atoms with Crippen LogP contribution in [0.25, 0.3) is 0 Å². The number of hydrogen-bond acceptors (Lipinski definition) is 5. The van der Waals surface area contributed by atoms with E-state index in [-0.39, 0.29) is 11.7 Å². The summed E-state index contributed by atoms with van der Waals surface area (Å²) in [7, 11) is 0. The average molecular weight is 243 g/mol. The molecule has 5 nitrogen and oxygen atoms in total. The molecule has 6 heteroatoms. The largest absolute Gasteiger partial charge is 0.465 e. The van der Waals surface area contributed by atoms with Crippen LogP contribution >= 0.6 is 11.8 Å². The van der Waals surface area contributed by atoms with Crippen LogP contribution in [0.4, 0.5) is 0 Å². The van der Waals surface area contributed by atoms with E-state index in [1.54, 1.807) is 6.92 Å². The Bertz CT molecular complexity index is 352. The van der Waals surface area contributed by atoms with E-state index >= 15 is 0 Å². The van der Waals surface area contributed by atoms with Gasteiger partial charge in [-0.3, -0.25) is 4.79 Å². The van der Waals surface area contributed by atoms with Gasteiger partial charge in [-0.1, -0.05) is 18.7 Å². The van der Waals surface area contributed by atoms with Crippen LogP contribution in [-0.2, 0) is 22.5 Å². The Balaban J connectivity index is 2.59. The van der Waals surface area contributed by atoms with Crippen LogP contribution < -0.4 is 0 Å². The summed E-state index contributed by atoms with van der Waals surface area (Å²) < 4.78 is 6.87. The minimum absolute atomic E-state index is 0.212. The van der Waals surface area contributed by atoms with E-state index in [9.17, 15) is 4.79 Å². The van der Waals surface area contributed by atoms with Gasteiger partial charge < -0.3 is 9.30 Å². The Morgan fingerprint density at radius 3 is 2.69 bits per heavy atom. The van der Waals surface area contributed by atoms with Crippen LogP contribution in [0.15, 0.2) is 5.16 Å². The van der Waals surface area contributed by atoms with E-state index < -0.39 is 0 Å².